The molecule has 0 radical (unpaired) electrons. The summed E-state index contributed by atoms with van der Waals surface area (Å²) in [7, 11) is 0. The lowest BCUT2D eigenvalue weighted by molar-refractivity contribution is -0.159. The van der Waals surface area contributed by atoms with Crippen LogP contribution in [0.3, 0.4) is 0 Å². The summed E-state index contributed by atoms with van der Waals surface area (Å²) < 4.78 is 5.58. The molecule has 0 fully saturated rings. The fourth-order valence-electron chi connectivity index (χ4n) is 2.23. The van der Waals surface area contributed by atoms with Gasteiger partial charge in [0, 0.05) is 17.1 Å². The molecule has 0 bridgehead atoms. The zero-order valence-corrected chi connectivity index (χ0v) is 15.4. The van der Waals surface area contributed by atoms with Gasteiger partial charge < -0.3 is 14.9 Å². The van der Waals surface area contributed by atoms with E-state index in [9.17, 15) is 9.59 Å². The van der Waals surface area contributed by atoms with Gasteiger partial charge in [0.2, 0.25) is 5.60 Å². The van der Waals surface area contributed by atoms with Crippen LogP contribution in [0, 0.1) is 0 Å². The van der Waals surface area contributed by atoms with Crippen LogP contribution in [0.2, 0.25) is 5.02 Å². The predicted molar refractivity (Wildman–Crippen MR) is 98.9 cm³/mol. The number of amides is 1. The van der Waals surface area contributed by atoms with E-state index in [1.54, 1.807) is 50.2 Å². The summed E-state index contributed by atoms with van der Waals surface area (Å²) in [5, 5.41) is 3.44. The third-order valence-corrected chi connectivity index (χ3v) is 3.95. The molecule has 0 spiro atoms. The first kappa shape index (κ1) is 19.8. The lowest BCUT2D eigenvalue weighted by Gasteiger charge is -2.22. The Bertz CT molecular complexity index is 758. The van der Waals surface area contributed by atoms with Gasteiger partial charge in [0.05, 0.1) is 0 Å². The maximum atomic E-state index is 12.0. The van der Waals surface area contributed by atoms with Crippen molar-refractivity contribution in [2.45, 2.75) is 25.9 Å². The van der Waals surface area contributed by atoms with E-state index in [0.29, 0.717) is 29.3 Å². The Morgan fingerprint density at radius 1 is 1.08 bits per heavy atom. The quantitative estimate of drug-likeness (QED) is 0.725. The van der Waals surface area contributed by atoms with Crippen LogP contribution in [0.5, 0.6) is 5.75 Å². The molecule has 2 rings (SSSR count). The van der Waals surface area contributed by atoms with Crippen LogP contribution < -0.4 is 16.0 Å². The summed E-state index contributed by atoms with van der Waals surface area (Å²) in [6.45, 7) is 3.64. The van der Waals surface area contributed by atoms with E-state index in [-0.39, 0.29) is 5.91 Å². The second-order valence-electron chi connectivity index (χ2n) is 6.17. The second-order valence-corrected chi connectivity index (χ2v) is 6.61. The molecule has 1 amide bonds. The van der Waals surface area contributed by atoms with Gasteiger partial charge in [-0.1, -0.05) is 23.7 Å². The number of carbonyl (C=O) groups is 2. The minimum absolute atomic E-state index is 0.149. The molecule has 7 heteroatoms. The molecular weight excluding hydrogens is 356 g/mol. The molecule has 3 N–H and O–H groups in total. The lowest BCUT2D eigenvalue weighted by Crippen LogP contribution is -2.41. The van der Waals surface area contributed by atoms with Gasteiger partial charge in [0.1, 0.15) is 5.75 Å². The van der Waals surface area contributed by atoms with Crippen molar-refractivity contribution in [3.05, 3.63) is 64.7 Å². The van der Waals surface area contributed by atoms with Crippen LogP contribution in [0.1, 0.15) is 29.8 Å². The summed E-state index contributed by atoms with van der Waals surface area (Å²) in [6, 6.07) is 14.0. The van der Waals surface area contributed by atoms with Gasteiger partial charge in [0.25, 0.3) is 5.91 Å². The molecule has 0 saturated heterocycles. The van der Waals surface area contributed by atoms with Crippen molar-refractivity contribution >= 4 is 23.5 Å². The Hall–Kier alpha value is -2.57. The summed E-state index contributed by atoms with van der Waals surface area (Å²) in [4.78, 5) is 27.8. The highest BCUT2D eigenvalue weighted by Gasteiger charge is 2.31. The third kappa shape index (κ3) is 5.47. The van der Waals surface area contributed by atoms with E-state index in [1.165, 1.54) is 0 Å². The van der Waals surface area contributed by atoms with Gasteiger partial charge in [-0.25, -0.2) is 4.79 Å². The van der Waals surface area contributed by atoms with Crippen LogP contribution in [0.15, 0.2) is 48.5 Å². The number of carbonyl (C=O) groups excluding carboxylic acids is 2. The largest absolute Gasteiger partial charge is 0.476 e. The number of nitrogens with one attached hydrogen (secondary N) is 1. The molecule has 2 aromatic rings. The highest BCUT2D eigenvalue weighted by molar-refractivity contribution is 6.30. The second kappa shape index (κ2) is 8.69. The van der Waals surface area contributed by atoms with Crippen LogP contribution in [0.4, 0.5) is 0 Å². The minimum Gasteiger partial charge on any atom is -0.476 e. The molecule has 138 valence electrons. The number of hydrogen-bond acceptors (Lipinski definition) is 5. The molecule has 26 heavy (non-hydrogen) atoms. The van der Waals surface area contributed by atoms with Crippen molar-refractivity contribution in [2.24, 2.45) is 5.90 Å². The molecular formula is C19H21ClN2O4. The Morgan fingerprint density at radius 2 is 1.69 bits per heavy atom. The molecule has 0 aliphatic carbocycles. The Labute approximate surface area is 157 Å². The van der Waals surface area contributed by atoms with E-state index >= 15 is 0 Å². The van der Waals surface area contributed by atoms with Crippen molar-refractivity contribution in [3.63, 3.8) is 0 Å². The lowest BCUT2D eigenvalue weighted by atomic mass is 10.1. The van der Waals surface area contributed by atoms with Crippen LogP contribution >= 0.6 is 11.6 Å². The smallest absolute Gasteiger partial charge is 0.368 e. The molecule has 0 saturated carbocycles. The van der Waals surface area contributed by atoms with Gasteiger partial charge in [-0.15, -0.1) is 0 Å². The highest BCUT2D eigenvalue weighted by atomic mass is 35.5. The summed E-state index contributed by atoms with van der Waals surface area (Å²) >= 11 is 5.81. The van der Waals surface area contributed by atoms with Crippen molar-refractivity contribution in [1.29, 1.82) is 0 Å². The van der Waals surface area contributed by atoms with Crippen molar-refractivity contribution in [2.75, 3.05) is 6.54 Å². The normalized spacial score (nSPS) is 10.9. The molecule has 0 aliphatic heterocycles. The van der Waals surface area contributed by atoms with E-state index in [4.69, 9.17) is 22.2 Å². The number of hydrogen-bond donors (Lipinski definition) is 2. The van der Waals surface area contributed by atoms with Gasteiger partial charge in [-0.2, -0.15) is 5.90 Å². The maximum Gasteiger partial charge on any atom is 0.368 e. The molecule has 0 unspecified atom stereocenters. The average Bonchev–Trinajstić information content (AvgIpc) is 2.62. The first-order valence-electron chi connectivity index (χ1n) is 8.05. The van der Waals surface area contributed by atoms with Crippen molar-refractivity contribution < 1.29 is 19.2 Å². The van der Waals surface area contributed by atoms with E-state index in [2.05, 4.69) is 10.2 Å². The Morgan fingerprint density at radius 3 is 2.27 bits per heavy atom. The van der Waals surface area contributed by atoms with Gasteiger partial charge in [0.15, 0.2) is 0 Å². The summed E-state index contributed by atoms with van der Waals surface area (Å²) in [5.41, 5.74) is 0.406. The van der Waals surface area contributed by atoms with Gasteiger partial charge in [-0.3, -0.25) is 4.79 Å². The molecule has 0 aliphatic rings. The number of rotatable bonds is 7. The van der Waals surface area contributed by atoms with E-state index in [1.807, 2.05) is 12.1 Å². The van der Waals surface area contributed by atoms with Gasteiger partial charge >= 0.3 is 5.97 Å². The number of benzene rings is 2. The SMILES string of the molecule is CC(C)(Oc1ccc(CCNC(=O)c2ccc(Cl)cc2)cc1)C(=O)ON. The van der Waals surface area contributed by atoms with Crippen LogP contribution in [-0.4, -0.2) is 24.0 Å². The first-order chi connectivity index (χ1) is 12.3. The minimum atomic E-state index is -1.18. The topological polar surface area (TPSA) is 90.6 Å². The van der Waals surface area contributed by atoms with Crippen LogP contribution in [-0.2, 0) is 16.1 Å². The predicted octanol–water partition coefficient (Wildman–Crippen LogP) is 2.89. The summed E-state index contributed by atoms with van der Waals surface area (Å²) in [6.07, 6.45) is 0.661. The molecule has 6 nitrogen and oxygen atoms in total. The number of ether oxygens (including phenoxy) is 1. The Kier molecular flexibility index (Phi) is 6.60. The first-order valence-corrected chi connectivity index (χ1v) is 8.42. The monoisotopic (exact) mass is 376 g/mol. The average molecular weight is 377 g/mol. The van der Waals surface area contributed by atoms with E-state index in [0.717, 1.165) is 5.56 Å². The molecule has 0 atom stereocenters. The maximum absolute atomic E-state index is 12.0. The Balaban J connectivity index is 1.84. The molecule has 2 aromatic carbocycles. The molecule has 0 heterocycles. The zero-order chi connectivity index (χ0) is 19.2. The fraction of sp³-hybridized carbons (Fsp3) is 0.263. The van der Waals surface area contributed by atoms with Crippen molar-refractivity contribution in [1.82, 2.24) is 5.32 Å². The molecule has 0 aromatic heterocycles. The fourth-order valence-corrected chi connectivity index (χ4v) is 2.35. The zero-order valence-electron chi connectivity index (χ0n) is 14.6. The standard InChI is InChI=1S/C19H21ClN2O4/c1-19(2,18(24)26-21)25-16-9-3-13(4-10-16)11-12-22-17(23)14-5-7-15(20)8-6-14/h3-10H,11-12,21H2,1-2H3,(H,22,23). The van der Waals surface area contributed by atoms with Crippen LogP contribution in [0.25, 0.3) is 0 Å². The highest BCUT2D eigenvalue weighted by Crippen LogP contribution is 2.20. The number of halogens is 1. The van der Waals surface area contributed by atoms with E-state index < -0.39 is 11.6 Å². The summed E-state index contributed by atoms with van der Waals surface area (Å²) in [5.74, 6) is 4.61. The van der Waals surface area contributed by atoms with Gasteiger partial charge in [-0.05, 0) is 62.2 Å². The number of nitrogens with two attached hydrogens (primary N) is 1. The van der Waals surface area contributed by atoms with Crippen molar-refractivity contribution in [3.8, 4) is 5.75 Å². The third-order valence-electron chi connectivity index (χ3n) is 3.70.